The number of halogens is 3. The molecule has 92 valence electrons. The monoisotopic (exact) mass is 372 g/mol. The molecule has 3 nitrogen and oxygen atoms in total. The summed E-state index contributed by atoms with van der Waals surface area (Å²) in [5, 5.41) is 9.53. The molecule has 0 aliphatic heterocycles. The first-order valence-electron chi connectivity index (χ1n) is 4.69. The van der Waals surface area contributed by atoms with Gasteiger partial charge >= 0.3 is 0 Å². The van der Waals surface area contributed by atoms with Gasteiger partial charge in [-0.25, -0.2) is 0 Å². The molecule has 16 heavy (non-hydrogen) atoms. The lowest BCUT2D eigenvalue weighted by Gasteiger charge is -2.13. The standard InChI is InChI=1S/C10H14Br2N2O.ClH/c11-7-4-6(5-8(12)10(7)15)9(14)2-1-3-13;/h4-5,9,15H,1-3,13-14H2;1H/t9-;/m0./s1. The molecule has 1 aromatic rings. The van der Waals surface area contributed by atoms with E-state index in [1.54, 1.807) is 0 Å². The van der Waals surface area contributed by atoms with Crippen LogP contribution in [0.3, 0.4) is 0 Å². The SMILES string of the molecule is Cl.NCCC[C@H](N)c1cc(Br)c(O)c(Br)c1. The quantitative estimate of drug-likeness (QED) is 0.758. The molecule has 0 aromatic heterocycles. The molecule has 0 heterocycles. The molecule has 1 atom stereocenters. The second-order valence-electron chi connectivity index (χ2n) is 3.37. The molecule has 1 rings (SSSR count). The van der Waals surface area contributed by atoms with Crippen molar-refractivity contribution in [2.45, 2.75) is 18.9 Å². The van der Waals surface area contributed by atoms with Crippen LogP contribution >= 0.6 is 44.3 Å². The first-order chi connectivity index (χ1) is 7.06. The van der Waals surface area contributed by atoms with Gasteiger partial charge in [-0.1, -0.05) is 0 Å². The van der Waals surface area contributed by atoms with E-state index in [1.165, 1.54) is 0 Å². The lowest BCUT2D eigenvalue weighted by atomic mass is 10.0. The van der Waals surface area contributed by atoms with Gasteiger partial charge in [0.2, 0.25) is 0 Å². The Kier molecular flexibility index (Phi) is 7.59. The number of phenols is 1. The molecule has 0 fully saturated rings. The predicted octanol–water partition coefficient (Wildman–Crippen LogP) is 3.08. The van der Waals surface area contributed by atoms with Crippen LogP contribution in [-0.2, 0) is 0 Å². The summed E-state index contributed by atoms with van der Waals surface area (Å²) in [7, 11) is 0. The largest absolute Gasteiger partial charge is 0.506 e. The van der Waals surface area contributed by atoms with Crippen LogP contribution in [0.5, 0.6) is 5.75 Å². The van der Waals surface area contributed by atoms with E-state index in [9.17, 15) is 5.11 Å². The Labute approximate surface area is 118 Å². The van der Waals surface area contributed by atoms with Crippen molar-refractivity contribution in [3.8, 4) is 5.75 Å². The van der Waals surface area contributed by atoms with Gasteiger partial charge in [-0.15, -0.1) is 12.4 Å². The molecule has 0 unspecified atom stereocenters. The normalized spacial score (nSPS) is 12.0. The van der Waals surface area contributed by atoms with Gasteiger partial charge in [0.15, 0.2) is 0 Å². The van der Waals surface area contributed by atoms with E-state index >= 15 is 0 Å². The second-order valence-corrected chi connectivity index (χ2v) is 5.08. The van der Waals surface area contributed by atoms with E-state index in [0.29, 0.717) is 15.5 Å². The van der Waals surface area contributed by atoms with Crippen LogP contribution in [0.25, 0.3) is 0 Å². The highest BCUT2D eigenvalue weighted by molar-refractivity contribution is 9.11. The van der Waals surface area contributed by atoms with E-state index in [-0.39, 0.29) is 24.2 Å². The molecule has 5 N–H and O–H groups in total. The summed E-state index contributed by atoms with van der Waals surface area (Å²) in [6, 6.07) is 3.63. The zero-order valence-corrected chi connectivity index (χ0v) is 12.6. The van der Waals surface area contributed by atoms with Gasteiger partial charge in [0.05, 0.1) is 8.95 Å². The van der Waals surface area contributed by atoms with E-state index in [0.717, 1.165) is 18.4 Å². The molecule has 0 aliphatic rings. The number of hydrogen-bond acceptors (Lipinski definition) is 3. The fourth-order valence-corrected chi connectivity index (χ4v) is 2.53. The number of nitrogens with two attached hydrogens (primary N) is 2. The van der Waals surface area contributed by atoms with Crippen LogP contribution < -0.4 is 11.5 Å². The molecule has 0 saturated carbocycles. The Morgan fingerprint density at radius 3 is 2.19 bits per heavy atom. The maximum atomic E-state index is 9.53. The van der Waals surface area contributed by atoms with Gasteiger partial charge in [0, 0.05) is 6.04 Å². The van der Waals surface area contributed by atoms with Crippen LogP contribution in [-0.4, -0.2) is 11.7 Å². The van der Waals surface area contributed by atoms with Crippen LogP contribution in [0.15, 0.2) is 21.1 Å². The first-order valence-corrected chi connectivity index (χ1v) is 6.28. The van der Waals surface area contributed by atoms with Crippen molar-refractivity contribution in [3.05, 3.63) is 26.6 Å². The average Bonchev–Trinajstić information content (AvgIpc) is 2.21. The van der Waals surface area contributed by atoms with Crippen molar-refractivity contribution in [1.82, 2.24) is 0 Å². The van der Waals surface area contributed by atoms with Crippen LogP contribution in [0.2, 0.25) is 0 Å². The Balaban J connectivity index is 0.00000225. The molecule has 0 amide bonds. The van der Waals surface area contributed by atoms with E-state index in [4.69, 9.17) is 11.5 Å². The van der Waals surface area contributed by atoms with E-state index in [2.05, 4.69) is 31.9 Å². The van der Waals surface area contributed by atoms with Gasteiger partial charge in [-0.2, -0.15) is 0 Å². The smallest absolute Gasteiger partial charge is 0.143 e. The van der Waals surface area contributed by atoms with Gasteiger partial charge in [0.25, 0.3) is 0 Å². The summed E-state index contributed by atoms with van der Waals surface area (Å²) in [6.07, 6.45) is 1.75. The Morgan fingerprint density at radius 1 is 1.25 bits per heavy atom. The van der Waals surface area contributed by atoms with Crippen LogP contribution in [0, 0.1) is 0 Å². The predicted molar refractivity (Wildman–Crippen MR) is 76.0 cm³/mol. The molecular weight excluding hydrogens is 359 g/mol. The minimum absolute atomic E-state index is 0. The summed E-state index contributed by atoms with van der Waals surface area (Å²) in [4.78, 5) is 0. The Morgan fingerprint density at radius 2 is 1.75 bits per heavy atom. The van der Waals surface area contributed by atoms with Crippen molar-refractivity contribution >= 4 is 44.3 Å². The summed E-state index contributed by atoms with van der Waals surface area (Å²) in [6.45, 7) is 0.647. The van der Waals surface area contributed by atoms with Gasteiger partial charge in [-0.05, 0) is 68.9 Å². The molecule has 0 spiro atoms. The zero-order chi connectivity index (χ0) is 11.4. The molecule has 0 aliphatic carbocycles. The fraction of sp³-hybridized carbons (Fsp3) is 0.400. The highest BCUT2D eigenvalue weighted by atomic mass is 79.9. The third-order valence-corrected chi connectivity index (χ3v) is 3.40. The summed E-state index contributed by atoms with van der Waals surface area (Å²) in [5.41, 5.74) is 12.4. The minimum Gasteiger partial charge on any atom is -0.506 e. The Bertz CT molecular complexity index is 327. The van der Waals surface area contributed by atoms with Gasteiger partial charge in [-0.3, -0.25) is 0 Å². The number of phenolic OH excluding ortho intramolecular Hbond substituents is 1. The average molecular weight is 375 g/mol. The highest BCUT2D eigenvalue weighted by Gasteiger charge is 2.11. The first kappa shape index (κ1) is 16.2. The van der Waals surface area contributed by atoms with Crippen molar-refractivity contribution in [1.29, 1.82) is 0 Å². The summed E-state index contributed by atoms with van der Waals surface area (Å²) < 4.78 is 1.30. The molecule has 0 radical (unpaired) electrons. The maximum absolute atomic E-state index is 9.53. The number of hydrogen-bond donors (Lipinski definition) is 3. The van der Waals surface area contributed by atoms with Crippen molar-refractivity contribution < 1.29 is 5.11 Å². The molecule has 1 aromatic carbocycles. The zero-order valence-electron chi connectivity index (χ0n) is 8.62. The minimum atomic E-state index is -0.0400. The molecule has 0 saturated heterocycles. The Hall–Kier alpha value is 0.190. The van der Waals surface area contributed by atoms with Crippen molar-refractivity contribution in [2.24, 2.45) is 11.5 Å². The van der Waals surface area contributed by atoms with Crippen LogP contribution in [0.1, 0.15) is 24.4 Å². The number of rotatable bonds is 4. The second kappa shape index (κ2) is 7.50. The van der Waals surface area contributed by atoms with E-state index in [1.807, 2.05) is 12.1 Å². The topological polar surface area (TPSA) is 72.3 Å². The molecule has 6 heteroatoms. The maximum Gasteiger partial charge on any atom is 0.143 e. The summed E-state index contributed by atoms with van der Waals surface area (Å²) >= 11 is 6.55. The molecule has 0 bridgehead atoms. The van der Waals surface area contributed by atoms with Crippen molar-refractivity contribution in [2.75, 3.05) is 6.54 Å². The number of aromatic hydroxyl groups is 1. The third-order valence-electron chi connectivity index (χ3n) is 2.19. The van der Waals surface area contributed by atoms with E-state index < -0.39 is 0 Å². The number of benzene rings is 1. The van der Waals surface area contributed by atoms with Gasteiger partial charge in [0.1, 0.15) is 5.75 Å². The fourth-order valence-electron chi connectivity index (χ4n) is 1.30. The van der Waals surface area contributed by atoms with Crippen LogP contribution in [0.4, 0.5) is 0 Å². The lowest BCUT2D eigenvalue weighted by Crippen LogP contribution is -2.12. The van der Waals surface area contributed by atoms with Crippen molar-refractivity contribution in [3.63, 3.8) is 0 Å². The third kappa shape index (κ3) is 4.22. The molecular formula is C10H15Br2ClN2O. The highest BCUT2D eigenvalue weighted by Crippen LogP contribution is 2.35. The lowest BCUT2D eigenvalue weighted by molar-refractivity contribution is 0.467. The summed E-state index contributed by atoms with van der Waals surface area (Å²) in [5.74, 6) is 0.199. The van der Waals surface area contributed by atoms with Gasteiger partial charge < -0.3 is 16.6 Å².